The molecule has 0 rings (SSSR count). The maximum Gasteiger partial charge on any atom is 0.305 e. The molecular formula is C77H149NO5. The Labute approximate surface area is 520 Å². The van der Waals surface area contributed by atoms with Crippen molar-refractivity contribution >= 4 is 11.9 Å². The van der Waals surface area contributed by atoms with E-state index in [9.17, 15) is 19.8 Å². The summed E-state index contributed by atoms with van der Waals surface area (Å²) in [6, 6.07) is -0.538. The summed E-state index contributed by atoms with van der Waals surface area (Å²) in [5, 5.41) is 23.3. The molecular weight excluding hydrogens is 1020 g/mol. The van der Waals surface area contributed by atoms with Crippen LogP contribution in [0.1, 0.15) is 431 Å². The van der Waals surface area contributed by atoms with E-state index >= 15 is 0 Å². The highest BCUT2D eigenvalue weighted by molar-refractivity contribution is 5.76. The van der Waals surface area contributed by atoms with Crippen LogP contribution in [0.2, 0.25) is 0 Å². The summed E-state index contributed by atoms with van der Waals surface area (Å²) < 4.78 is 5.50. The van der Waals surface area contributed by atoms with Gasteiger partial charge in [-0.15, -0.1) is 0 Å². The van der Waals surface area contributed by atoms with Crippen LogP contribution in [0.4, 0.5) is 0 Å². The standard InChI is InChI=1S/C77H149NO5/c1-3-5-7-9-11-13-15-17-47-51-55-59-63-67-71-77(82)83-72-68-64-60-56-52-48-44-42-40-38-36-34-32-30-28-26-24-22-20-18-19-21-23-25-27-29-31-33-35-37-39-41-43-46-50-54-58-62-66-70-76(81)78-74(73-79)75(80)69-65-61-57-53-49-45-16-14-12-10-8-6-4-2/h18-19,22,24,74-75,79-80H,3-17,20-21,23,25-73H2,1-2H3,(H,78,81)/b19-18-,24-22-. The van der Waals surface area contributed by atoms with Crippen LogP contribution >= 0.6 is 0 Å². The van der Waals surface area contributed by atoms with Gasteiger partial charge in [-0.2, -0.15) is 0 Å². The van der Waals surface area contributed by atoms with Gasteiger partial charge in [0.1, 0.15) is 0 Å². The first-order chi connectivity index (χ1) is 41.0. The van der Waals surface area contributed by atoms with Crippen molar-refractivity contribution in [3.63, 3.8) is 0 Å². The second-order valence-corrected chi connectivity index (χ2v) is 26.3. The Morgan fingerprint density at radius 2 is 0.602 bits per heavy atom. The number of hydrogen-bond acceptors (Lipinski definition) is 5. The van der Waals surface area contributed by atoms with Crippen LogP contribution in [-0.2, 0) is 14.3 Å². The summed E-state index contributed by atoms with van der Waals surface area (Å²) in [5.74, 6) is -0.00614. The van der Waals surface area contributed by atoms with Crippen molar-refractivity contribution in [3.05, 3.63) is 24.3 Å². The number of carbonyl (C=O) groups is 2. The molecule has 0 bridgehead atoms. The van der Waals surface area contributed by atoms with E-state index in [-0.39, 0.29) is 18.5 Å². The van der Waals surface area contributed by atoms with Gasteiger partial charge in [0.05, 0.1) is 25.4 Å². The smallest absolute Gasteiger partial charge is 0.305 e. The summed E-state index contributed by atoms with van der Waals surface area (Å²) in [5.41, 5.74) is 0. The van der Waals surface area contributed by atoms with Crippen molar-refractivity contribution in [1.82, 2.24) is 5.32 Å². The number of esters is 1. The largest absolute Gasteiger partial charge is 0.466 e. The molecule has 2 atom stereocenters. The van der Waals surface area contributed by atoms with Crippen LogP contribution in [0.5, 0.6) is 0 Å². The lowest BCUT2D eigenvalue weighted by Crippen LogP contribution is -2.45. The van der Waals surface area contributed by atoms with Crippen molar-refractivity contribution < 1.29 is 24.5 Å². The molecule has 0 radical (unpaired) electrons. The fourth-order valence-electron chi connectivity index (χ4n) is 12.2. The third-order valence-electron chi connectivity index (χ3n) is 18.0. The molecule has 6 nitrogen and oxygen atoms in total. The Hall–Kier alpha value is -1.66. The van der Waals surface area contributed by atoms with E-state index in [0.29, 0.717) is 25.9 Å². The van der Waals surface area contributed by atoms with Gasteiger partial charge in [0, 0.05) is 12.8 Å². The number of ether oxygens (including phenoxy) is 1. The van der Waals surface area contributed by atoms with Gasteiger partial charge >= 0.3 is 5.97 Å². The highest BCUT2D eigenvalue weighted by atomic mass is 16.5. The number of rotatable bonds is 72. The summed E-state index contributed by atoms with van der Waals surface area (Å²) in [7, 11) is 0. The second kappa shape index (κ2) is 72.8. The van der Waals surface area contributed by atoms with Crippen LogP contribution in [0.25, 0.3) is 0 Å². The SMILES string of the molecule is CCCCCCCCCCCCCCCCC(=O)OCCCCCCCCCCCCCCCCC/C=C\C/C=C\CCCCCCCCCCCCCCCCCCCC(=O)NC(CO)C(O)CCCCCCCCCCCCCCC. The lowest BCUT2D eigenvalue weighted by atomic mass is 10.0. The molecule has 0 aliphatic heterocycles. The van der Waals surface area contributed by atoms with E-state index in [1.54, 1.807) is 0 Å². The van der Waals surface area contributed by atoms with E-state index in [1.165, 1.54) is 353 Å². The van der Waals surface area contributed by atoms with Crippen molar-refractivity contribution in [3.8, 4) is 0 Å². The molecule has 0 aromatic carbocycles. The Kier molecular flexibility index (Phi) is 71.4. The molecule has 0 aliphatic rings. The highest BCUT2D eigenvalue weighted by Crippen LogP contribution is 2.20. The van der Waals surface area contributed by atoms with Gasteiger partial charge in [-0.05, 0) is 57.8 Å². The number of carbonyl (C=O) groups excluding carboxylic acids is 2. The van der Waals surface area contributed by atoms with Crippen molar-refractivity contribution in [1.29, 1.82) is 0 Å². The second-order valence-electron chi connectivity index (χ2n) is 26.3. The third-order valence-corrected chi connectivity index (χ3v) is 18.0. The van der Waals surface area contributed by atoms with Crippen molar-refractivity contribution in [2.24, 2.45) is 0 Å². The summed E-state index contributed by atoms with van der Waals surface area (Å²) in [6.45, 7) is 4.99. The third kappa shape index (κ3) is 69.3. The zero-order chi connectivity index (χ0) is 59.9. The molecule has 0 aromatic rings. The monoisotopic (exact) mass is 1170 g/mol. The molecule has 2 unspecified atom stereocenters. The summed E-state index contributed by atoms with van der Waals surface area (Å²) in [6.07, 6.45) is 92.7. The lowest BCUT2D eigenvalue weighted by molar-refractivity contribution is -0.143. The normalized spacial score (nSPS) is 12.6. The molecule has 0 saturated carbocycles. The summed E-state index contributed by atoms with van der Waals surface area (Å²) in [4.78, 5) is 24.6. The van der Waals surface area contributed by atoms with Gasteiger partial charge in [0.25, 0.3) is 0 Å². The van der Waals surface area contributed by atoms with E-state index in [0.717, 1.165) is 44.9 Å². The number of aliphatic hydroxyl groups is 2. The average molecular weight is 1170 g/mol. The minimum Gasteiger partial charge on any atom is -0.466 e. The van der Waals surface area contributed by atoms with E-state index in [1.807, 2.05) is 0 Å². The van der Waals surface area contributed by atoms with Crippen LogP contribution < -0.4 is 5.32 Å². The molecule has 83 heavy (non-hydrogen) atoms. The van der Waals surface area contributed by atoms with Crippen molar-refractivity contribution in [2.75, 3.05) is 13.2 Å². The molecule has 0 heterocycles. The molecule has 492 valence electrons. The first-order valence-corrected chi connectivity index (χ1v) is 38.1. The predicted molar refractivity (Wildman–Crippen MR) is 366 cm³/mol. The van der Waals surface area contributed by atoms with E-state index in [2.05, 4.69) is 43.5 Å². The fraction of sp³-hybridized carbons (Fsp3) is 0.922. The number of hydrogen-bond donors (Lipinski definition) is 3. The van der Waals surface area contributed by atoms with Gasteiger partial charge in [-0.25, -0.2) is 0 Å². The molecule has 0 aromatic heterocycles. The van der Waals surface area contributed by atoms with Gasteiger partial charge in [0.15, 0.2) is 0 Å². The minimum atomic E-state index is -0.661. The first-order valence-electron chi connectivity index (χ1n) is 38.1. The maximum atomic E-state index is 12.5. The van der Waals surface area contributed by atoms with Crippen molar-refractivity contribution in [2.45, 2.75) is 443 Å². The molecule has 0 saturated heterocycles. The molecule has 1 amide bonds. The zero-order valence-electron chi connectivity index (χ0n) is 56.5. The number of nitrogens with one attached hydrogen (secondary N) is 1. The van der Waals surface area contributed by atoms with E-state index in [4.69, 9.17) is 4.74 Å². The number of amides is 1. The van der Waals surface area contributed by atoms with Gasteiger partial charge < -0.3 is 20.3 Å². The molecule has 0 fully saturated rings. The number of aliphatic hydroxyl groups excluding tert-OH is 2. The Morgan fingerprint density at radius 1 is 0.337 bits per heavy atom. The van der Waals surface area contributed by atoms with Gasteiger partial charge in [-0.1, -0.05) is 385 Å². The molecule has 6 heteroatoms. The lowest BCUT2D eigenvalue weighted by Gasteiger charge is -2.22. The van der Waals surface area contributed by atoms with Crippen LogP contribution in [0.15, 0.2) is 24.3 Å². The molecule has 0 spiro atoms. The highest BCUT2D eigenvalue weighted by Gasteiger charge is 2.20. The van der Waals surface area contributed by atoms with Crippen LogP contribution in [-0.4, -0.2) is 47.4 Å². The Bertz CT molecular complexity index is 1300. The minimum absolute atomic E-state index is 0.0233. The van der Waals surface area contributed by atoms with Gasteiger partial charge in [-0.3, -0.25) is 9.59 Å². The van der Waals surface area contributed by atoms with Crippen LogP contribution in [0.3, 0.4) is 0 Å². The zero-order valence-corrected chi connectivity index (χ0v) is 56.5. The maximum absolute atomic E-state index is 12.5. The first kappa shape index (κ1) is 81.3. The average Bonchev–Trinajstić information content (AvgIpc) is 3.49. The number of unbranched alkanes of at least 4 members (excludes halogenated alkanes) is 57. The molecule has 3 N–H and O–H groups in total. The fourth-order valence-corrected chi connectivity index (χ4v) is 12.2. The number of allylic oxidation sites excluding steroid dienone is 4. The van der Waals surface area contributed by atoms with Crippen LogP contribution in [0, 0.1) is 0 Å². The molecule has 0 aliphatic carbocycles. The Balaban J connectivity index is 3.33. The van der Waals surface area contributed by atoms with Gasteiger partial charge in [0.2, 0.25) is 5.91 Å². The quantitative estimate of drug-likeness (QED) is 0.0320. The summed E-state index contributed by atoms with van der Waals surface area (Å²) >= 11 is 0. The predicted octanol–water partition coefficient (Wildman–Crippen LogP) is 24.9. The topological polar surface area (TPSA) is 95.9 Å². The van der Waals surface area contributed by atoms with E-state index < -0.39 is 12.1 Å². The Morgan fingerprint density at radius 3 is 0.916 bits per heavy atom.